The molecule has 2 rings (SSSR count). The minimum absolute atomic E-state index is 0.0764. The van der Waals surface area contributed by atoms with E-state index < -0.39 is 6.10 Å². The second kappa shape index (κ2) is 7.31. The first-order chi connectivity index (χ1) is 10.1. The summed E-state index contributed by atoms with van der Waals surface area (Å²) in [5, 5.41) is 6.06. The molecule has 5 nitrogen and oxygen atoms in total. The van der Waals surface area contributed by atoms with Crippen molar-refractivity contribution in [1.82, 2.24) is 10.6 Å². The van der Waals surface area contributed by atoms with Crippen LogP contribution in [0, 0.1) is 5.92 Å². The van der Waals surface area contributed by atoms with E-state index in [1.807, 2.05) is 0 Å². The van der Waals surface area contributed by atoms with Gasteiger partial charge in [0, 0.05) is 24.0 Å². The van der Waals surface area contributed by atoms with Gasteiger partial charge in [0.2, 0.25) is 5.91 Å². The molecule has 0 bridgehead atoms. The van der Waals surface area contributed by atoms with Gasteiger partial charge in [-0.05, 0) is 38.0 Å². The van der Waals surface area contributed by atoms with Gasteiger partial charge in [-0.25, -0.2) is 0 Å². The van der Waals surface area contributed by atoms with E-state index in [1.165, 1.54) is 0 Å². The van der Waals surface area contributed by atoms with Gasteiger partial charge in [0.15, 0.2) is 6.10 Å². The molecule has 114 valence electrons. The zero-order chi connectivity index (χ0) is 15.2. The fourth-order valence-corrected chi connectivity index (χ4v) is 1.98. The third-order valence-electron chi connectivity index (χ3n) is 3.15. The molecule has 21 heavy (non-hydrogen) atoms. The number of halogens is 1. The van der Waals surface area contributed by atoms with Gasteiger partial charge < -0.3 is 15.4 Å². The molecule has 0 heterocycles. The molecule has 0 aromatic heterocycles. The van der Waals surface area contributed by atoms with Crippen molar-refractivity contribution in [2.45, 2.75) is 25.9 Å². The van der Waals surface area contributed by atoms with Gasteiger partial charge in [-0.15, -0.1) is 0 Å². The van der Waals surface area contributed by atoms with E-state index in [4.69, 9.17) is 16.3 Å². The average Bonchev–Trinajstić information content (AvgIpc) is 3.27. The molecule has 1 atom stereocenters. The third kappa shape index (κ3) is 5.27. The first-order valence-corrected chi connectivity index (χ1v) is 7.41. The quantitative estimate of drug-likeness (QED) is 0.754. The van der Waals surface area contributed by atoms with Crippen LogP contribution in [0.1, 0.15) is 19.8 Å². The van der Waals surface area contributed by atoms with Crippen molar-refractivity contribution in [3.8, 4) is 5.75 Å². The van der Waals surface area contributed by atoms with Gasteiger partial charge >= 0.3 is 0 Å². The Morgan fingerprint density at radius 3 is 2.71 bits per heavy atom. The van der Waals surface area contributed by atoms with E-state index in [1.54, 1.807) is 31.2 Å². The van der Waals surface area contributed by atoms with Crippen LogP contribution in [-0.2, 0) is 9.59 Å². The number of carbonyl (C=O) groups excluding carboxylic acids is 2. The normalized spacial score (nSPS) is 15.1. The molecule has 0 radical (unpaired) electrons. The highest BCUT2D eigenvalue weighted by atomic mass is 35.5. The molecule has 1 aliphatic rings. The Labute approximate surface area is 129 Å². The minimum Gasteiger partial charge on any atom is -0.481 e. The lowest BCUT2D eigenvalue weighted by Gasteiger charge is -2.15. The smallest absolute Gasteiger partial charge is 0.260 e. The molecule has 0 saturated heterocycles. The summed E-state index contributed by atoms with van der Waals surface area (Å²) in [6.45, 7) is 2.49. The van der Waals surface area contributed by atoms with Crippen molar-refractivity contribution >= 4 is 23.4 Å². The van der Waals surface area contributed by atoms with E-state index >= 15 is 0 Å². The van der Waals surface area contributed by atoms with Gasteiger partial charge in [-0.2, -0.15) is 0 Å². The highest BCUT2D eigenvalue weighted by molar-refractivity contribution is 6.30. The fourth-order valence-electron chi connectivity index (χ4n) is 1.80. The van der Waals surface area contributed by atoms with Gasteiger partial charge in [0.05, 0.1) is 0 Å². The molecule has 1 aromatic carbocycles. The van der Waals surface area contributed by atoms with E-state index in [-0.39, 0.29) is 17.7 Å². The lowest BCUT2D eigenvalue weighted by atomic mass is 10.3. The largest absolute Gasteiger partial charge is 0.481 e. The SMILES string of the molecule is CC(Oc1cccc(Cl)c1)C(=O)NCCNC(=O)C1CC1. The Morgan fingerprint density at radius 2 is 2.05 bits per heavy atom. The number of hydrogen-bond acceptors (Lipinski definition) is 3. The van der Waals surface area contributed by atoms with E-state index in [2.05, 4.69) is 10.6 Å². The van der Waals surface area contributed by atoms with Crippen molar-refractivity contribution in [1.29, 1.82) is 0 Å². The van der Waals surface area contributed by atoms with Gasteiger partial charge in [0.1, 0.15) is 5.75 Å². The topological polar surface area (TPSA) is 67.4 Å². The lowest BCUT2D eigenvalue weighted by molar-refractivity contribution is -0.127. The first-order valence-electron chi connectivity index (χ1n) is 7.04. The van der Waals surface area contributed by atoms with E-state index in [0.717, 1.165) is 12.8 Å². The van der Waals surface area contributed by atoms with Crippen LogP contribution in [0.15, 0.2) is 24.3 Å². The van der Waals surface area contributed by atoms with Crippen LogP contribution in [0.4, 0.5) is 0 Å². The number of nitrogens with one attached hydrogen (secondary N) is 2. The molecule has 0 spiro atoms. The van der Waals surface area contributed by atoms with Gasteiger partial charge in [-0.3, -0.25) is 9.59 Å². The van der Waals surface area contributed by atoms with Crippen LogP contribution in [0.3, 0.4) is 0 Å². The molecular formula is C15H19ClN2O3. The molecule has 1 fully saturated rings. The lowest BCUT2D eigenvalue weighted by Crippen LogP contribution is -2.41. The van der Waals surface area contributed by atoms with Crippen molar-refractivity contribution in [3.05, 3.63) is 29.3 Å². The van der Waals surface area contributed by atoms with Crippen molar-refractivity contribution < 1.29 is 14.3 Å². The maximum atomic E-state index is 11.8. The van der Waals surface area contributed by atoms with E-state index in [0.29, 0.717) is 23.9 Å². The van der Waals surface area contributed by atoms with Crippen LogP contribution in [0.2, 0.25) is 5.02 Å². The van der Waals surface area contributed by atoms with E-state index in [9.17, 15) is 9.59 Å². The molecule has 6 heteroatoms. The summed E-state index contributed by atoms with van der Waals surface area (Å²) in [6, 6.07) is 6.89. The summed E-state index contributed by atoms with van der Waals surface area (Å²) in [4.78, 5) is 23.2. The Kier molecular flexibility index (Phi) is 5.44. The van der Waals surface area contributed by atoms with Crippen molar-refractivity contribution in [2.75, 3.05) is 13.1 Å². The highest BCUT2D eigenvalue weighted by Crippen LogP contribution is 2.28. The van der Waals surface area contributed by atoms with Gasteiger partial charge in [-0.1, -0.05) is 17.7 Å². The first kappa shape index (κ1) is 15.6. The molecule has 2 N–H and O–H groups in total. The summed E-state index contributed by atoms with van der Waals surface area (Å²) in [7, 11) is 0. The number of carbonyl (C=O) groups is 2. The minimum atomic E-state index is -0.623. The molecule has 1 aromatic rings. The summed E-state index contributed by atoms with van der Waals surface area (Å²) >= 11 is 5.85. The Hall–Kier alpha value is -1.75. The van der Waals surface area contributed by atoms with Crippen molar-refractivity contribution in [2.24, 2.45) is 5.92 Å². The molecule has 2 amide bonds. The molecular weight excluding hydrogens is 292 g/mol. The standard InChI is InChI=1S/C15H19ClN2O3/c1-10(21-13-4-2-3-12(16)9-13)14(19)17-7-8-18-15(20)11-5-6-11/h2-4,9-11H,5-8H2,1H3,(H,17,19)(H,18,20). The van der Waals surface area contributed by atoms with Crippen LogP contribution < -0.4 is 15.4 Å². The molecule has 1 saturated carbocycles. The molecule has 1 aliphatic carbocycles. The van der Waals surface area contributed by atoms with Crippen LogP contribution >= 0.6 is 11.6 Å². The molecule has 0 aliphatic heterocycles. The zero-order valence-corrected chi connectivity index (χ0v) is 12.7. The zero-order valence-electron chi connectivity index (χ0n) is 11.9. The second-order valence-corrected chi connectivity index (χ2v) is 5.51. The van der Waals surface area contributed by atoms with Gasteiger partial charge in [0.25, 0.3) is 5.91 Å². The number of hydrogen-bond donors (Lipinski definition) is 2. The monoisotopic (exact) mass is 310 g/mol. The maximum absolute atomic E-state index is 11.8. The number of benzene rings is 1. The summed E-state index contributed by atoms with van der Waals surface area (Å²) in [5.74, 6) is 0.584. The van der Waals surface area contributed by atoms with Crippen LogP contribution in [0.5, 0.6) is 5.75 Å². The summed E-state index contributed by atoms with van der Waals surface area (Å²) < 4.78 is 5.50. The number of rotatable bonds is 7. The maximum Gasteiger partial charge on any atom is 0.260 e. The van der Waals surface area contributed by atoms with Crippen LogP contribution in [0.25, 0.3) is 0 Å². The Balaban J connectivity index is 1.66. The van der Waals surface area contributed by atoms with Crippen LogP contribution in [-0.4, -0.2) is 31.0 Å². The third-order valence-corrected chi connectivity index (χ3v) is 3.38. The highest BCUT2D eigenvalue weighted by Gasteiger charge is 2.29. The summed E-state index contributed by atoms with van der Waals surface area (Å²) in [5.41, 5.74) is 0. The van der Waals surface area contributed by atoms with Crippen molar-refractivity contribution in [3.63, 3.8) is 0 Å². The predicted octanol–water partition coefficient (Wildman–Crippen LogP) is 1.75. The molecule has 1 unspecified atom stereocenters. The Morgan fingerprint density at radius 1 is 1.33 bits per heavy atom. The fraction of sp³-hybridized carbons (Fsp3) is 0.467. The second-order valence-electron chi connectivity index (χ2n) is 5.07. The summed E-state index contributed by atoms with van der Waals surface area (Å²) in [6.07, 6.45) is 1.33. The average molecular weight is 311 g/mol. The predicted molar refractivity (Wildman–Crippen MR) is 80.3 cm³/mol. The number of ether oxygens (including phenoxy) is 1. The number of amides is 2. The Bertz CT molecular complexity index is 517.